The van der Waals surface area contributed by atoms with Crippen LogP contribution in [0.5, 0.6) is 11.5 Å². The quantitative estimate of drug-likeness (QED) is 0.187. The Kier molecular flexibility index (Phi) is 8.39. The van der Waals surface area contributed by atoms with Gasteiger partial charge < -0.3 is 20.1 Å². The number of nitrogens with zero attached hydrogens (tertiary/aromatic N) is 1. The van der Waals surface area contributed by atoms with Gasteiger partial charge in [0.05, 0.1) is 10.9 Å². The highest BCUT2D eigenvalue weighted by molar-refractivity contribution is 8.00. The van der Waals surface area contributed by atoms with Gasteiger partial charge in [-0.15, -0.1) is 11.8 Å². The molecule has 2 heterocycles. The molecule has 4 amide bonds. The lowest BCUT2D eigenvalue weighted by Crippen LogP contribution is -2.31. The first-order valence-electron chi connectivity index (χ1n) is 14.2. The lowest BCUT2D eigenvalue weighted by molar-refractivity contribution is -0.121. The number of hydrogen-bond acceptors (Lipinski definition) is 7. The number of ether oxygens (including phenoxy) is 2. The van der Waals surface area contributed by atoms with Crippen molar-refractivity contribution in [3.63, 3.8) is 0 Å². The number of benzene rings is 4. The van der Waals surface area contributed by atoms with E-state index in [1.165, 1.54) is 16.7 Å². The maximum Gasteiger partial charge on any atom is 0.272 e. The van der Waals surface area contributed by atoms with Crippen LogP contribution in [-0.2, 0) is 14.4 Å². The molecular weight excluding hydrogens is 590 g/mol. The Bertz CT molecular complexity index is 1860. The Morgan fingerprint density at radius 3 is 2.47 bits per heavy atom. The van der Waals surface area contributed by atoms with Gasteiger partial charge in [-0.25, -0.2) is 4.90 Å². The molecule has 4 aromatic rings. The molecule has 10 heteroatoms. The molecule has 9 nitrogen and oxygen atoms in total. The zero-order valence-corrected chi connectivity index (χ0v) is 25.4. The summed E-state index contributed by atoms with van der Waals surface area (Å²) in [5.41, 5.74) is 4.14. The highest BCUT2D eigenvalue weighted by Crippen LogP contribution is 2.36. The van der Waals surface area contributed by atoms with Gasteiger partial charge in [0.25, 0.3) is 11.8 Å². The van der Waals surface area contributed by atoms with E-state index in [-0.39, 0.29) is 30.7 Å². The van der Waals surface area contributed by atoms with Gasteiger partial charge >= 0.3 is 0 Å². The van der Waals surface area contributed by atoms with Crippen LogP contribution < -0.4 is 25.0 Å². The van der Waals surface area contributed by atoms with E-state index in [1.807, 2.05) is 32.0 Å². The predicted molar refractivity (Wildman–Crippen MR) is 172 cm³/mol. The van der Waals surface area contributed by atoms with Crippen LogP contribution in [0.4, 0.5) is 11.4 Å². The molecule has 0 spiro atoms. The molecule has 1 fully saturated rings. The summed E-state index contributed by atoms with van der Waals surface area (Å²) in [7, 11) is 0. The van der Waals surface area contributed by atoms with Gasteiger partial charge in [0.1, 0.15) is 5.70 Å². The molecule has 1 atom stereocenters. The largest absolute Gasteiger partial charge is 0.454 e. The van der Waals surface area contributed by atoms with E-state index >= 15 is 0 Å². The standard InChI is InChI=1S/C35H29N3O6S/c1-21-11-13-26(15-22(21)2)38-32(39)19-31(35(38)42)45-27-10-6-9-25(18-27)36-34(41)28(37-33(40)24-7-4-3-5-8-24)16-23-12-14-29-30(17-23)44-20-43-29/h3-18,31H,19-20H2,1-2H3,(H,36,41)(H,37,40). The third-order valence-corrected chi connectivity index (χ3v) is 8.64. The second-order valence-corrected chi connectivity index (χ2v) is 11.9. The summed E-state index contributed by atoms with van der Waals surface area (Å²) in [6.07, 6.45) is 1.63. The number of hydrogen-bond donors (Lipinski definition) is 2. The van der Waals surface area contributed by atoms with Gasteiger partial charge in [-0.3, -0.25) is 19.2 Å². The third-order valence-electron chi connectivity index (χ3n) is 7.46. The van der Waals surface area contributed by atoms with Crippen molar-refractivity contribution in [2.24, 2.45) is 0 Å². The SMILES string of the molecule is Cc1ccc(N2C(=O)CC(Sc3cccc(NC(=O)C(=Cc4ccc5c(c4)OCO5)NC(=O)c4ccccc4)c3)C2=O)cc1C. The fraction of sp³-hybridized carbons (Fsp3) is 0.143. The third kappa shape index (κ3) is 6.61. The number of rotatable bonds is 8. The first kappa shape index (κ1) is 29.7. The summed E-state index contributed by atoms with van der Waals surface area (Å²) in [5, 5.41) is 4.98. The van der Waals surface area contributed by atoms with Crippen molar-refractivity contribution in [3.8, 4) is 11.5 Å². The highest BCUT2D eigenvalue weighted by Gasteiger charge is 2.40. The second-order valence-electron chi connectivity index (χ2n) is 10.6. The Balaban J connectivity index is 1.20. The van der Waals surface area contributed by atoms with Crippen LogP contribution in [0, 0.1) is 13.8 Å². The molecule has 1 saturated heterocycles. The molecule has 1 unspecified atom stereocenters. The van der Waals surface area contributed by atoms with E-state index < -0.39 is 17.1 Å². The number of fused-ring (bicyclic) bond motifs is 1. The molecule has 2 aliphatic rings. The number of aryl methyl sites for hydroxylation is 2. The minimum atomic E-state index is -0.600. The zero-order valence-electron chi connectivity index (χ0n) is 24.5. The first-order chi connectivity index (χ1) is 21.7. The van der Waals surface area contributed by atoms with Crippen LogP contribution in [0.2, 0.25) is 0 Å². The molecule has 2 aliphatic heterocycles. The lowest BCUT2D eigenvalue weighted by atomic mass is 10.1. The molecule has 4 aromatic carbocycles. The maximum atomic E-state index is 13.6. The van der Waals surface area contributed by atoms with Crippen LogP contribution in [-0.4, -0.2) is 35.7 Å². The first-order valence-corrected chi connectivity index (χ1v) is 15.1. The molecular formula is C35H29N3O6S. The maximum absolute atomic E-state index is 13.6. The molecule has 0 aromatic heterocycles. The van der Waals surface area contributed by atoms with Crippen molar-refractivity contribution < 1.29 is 28.7 Å². The zero-order chi connectivity index (χ0) is 31.5. The van der Waals surface area contributed by atoms with Crippen molar-refractivity contribution in [1.29, 1.82) is 0 Å². The van der Waals surface area contributed by atoms with Gasteiger partial charge in [-0.1, -0.05) is 36.4 Å². The number of amides is 4. The number of carbonyl (C=O) groups excluding carboxylic acids is 4. The monoisotopic (exact) mass is 619 g/mol. The van der Waals surface area contributed by atoms with E-state index in [1.54, 1.807) is 78.9 Å². The van der Waals surface area contributed by atoms with Gasteiger partial charge in [-0.2, -0.15) is 0 Å². The summed E-state index contributed by atoms with van der Waals surface area (Å²) in [5.74, 6) is -0.385. The molecule has 0 radical (unpaired) electrons. The summed E-state index contributed by atoms with van der Waals surface area (Å²) in [6.45, 7) is 4.03. The van der Waals surface area contributed by atoms with Crippen LogP contribution in [0.25, 0.3) is 6.08 Å². The highest BCUT2D eigenvalue weighted by atomic mass is 32.2. The van der Waals surface area contributed by atoms with Gasteiger partial charge in [0.15, 0.2) is 11.5 Å². The number of thioether (sulfide) groups is 1. The number of anilines is 2. The number of imide groups is 1. The van der Waals surface area contributed by atoms with Crippen molar-refractivity contribution in [2.45, 2.75) is 30.4 Å². The van der Waals surface area contributed by atoms with Crippen molar-refractivity contribution in [3.05, 3.63) is 119 Å². The van der Waals surface area contributed by atoms with Crippen molar-refractivity contribution in [1.82, 2.24) is 5.32 Å². The van der Waals surface area contributed by atoms with E-state index in [2.05, 4.69) is 10.6 Å². The summed E-state index contributed by atoms with van der Waals surface area (Å²) >= 11 is 1.27. The average molecular weight is 620 g/mol. The Hall–Kier alpha value is -5.35. The van der Waals surface area contributed by atoms with Crippen LogP contribution >= 0.6 is 11.8 Å². The number of nitrogens with one attached hydrogen (secondary N) is 2. The minimum absolute atomic E-state index is 0.0152. The fourth-order valence-electron chi connectivity index (χ4n) is 4.95. The van der Waals surface area contributed by atoms with Gasteiger partial charge in [0.2, 0.25) is 18.6 Å². The van der Waals surface area contributed by atoms with E-state index in [4.69, 9.17) is 9.47 Å². The topological polar surface area (TPSA) is 114 Å². The smallest absolute Gasteiger partial charge is 0.272 e. The Morgan fingerprint density at radius 2 is 1.67 bits per heavy atom. The molecule has 45 heavy (non-hydrogen) atoms. The Labute approximate surface area is 264 Å². The number of carbonyl (C=O) groups is 4. The normalized spacial score (nSPS) is 15.7. The summed E-state index contributed by atoms with van der Waals surface area (Å²) in [4.78, 5) is 54.7. The molecule has 0 bridgehead atoms. The summed E-state index contributed by atoms with van der Waals surface area (Å²) in [6, 6.07) is 26.3. The summed E-state index contributed by atoms with van der Waals surface area (Å²) < 4.78 is 10.8. The van der Waals surface area contributed by atoms with Crippen molar-refractivity contribution >= 4 is 52.8 Å². The Morgan fingerprint density at radius 1 is 0.867 bits per heavy atom. The fourth-order valence-corrected chi connectivity index (χ4v) is 6.07. The molecule has 0 aliphatic carbocycles. The van der Waals surface area contributed by atoms with E-state index in [9.17, 15) is 19.2 Å². The van der Waals surface area contributed by atoms with E-state index in [0.29, 0.717) is 38.9 Å². The molecule has 226 valence electrons. The second kappa shape index (κ2) is 12.7. The van der Waals surface area contributed by atoms with Gasteiger partial charge in [0, 0.05) is 22.6 Å². The molecule has 2 N–H and O–H groups in total. The van der Waals surface area contributed by atoms with Crippen LogP contribution in [0.1, 0.15) is 33.5 Å². The van der Waals surface area contributed by atoms with Gasteiger partial charge in [-0.05, 0) is 91.2 Å². The van der Waals surface area contributed by atoms with Crippen LogP contribution in [0.3, 0.4) is 0 Å². The molecule has 6 rings (SSSR count). The minimum Gasteiger partial charge on any atom is -0.454 e. The average Bonchev–Trinajstić information content (AvgIpc) is 3.61. The van der Waals surface area contributed by atoms with E-state index in [0.717, 1.165) is 11.1 Å². The van der Waals surface area contributed by atoms with Crippen LogP contribution in [0.15, 0.2) is 102 Å². The predicted octanol–water partition coefficient (Wildman–Crippen LogP) is 5.87. The van der Waals surface area contributed by atoms with Crippen molar-refractivity contribution in [2.75, 3.05) is 17.0 Å². The molecule has 0 saturated carbocycles. The lowest BCUT2D eigenvalue weighted by Gasteiger charge is -2.16.